The van der Waals surface area contributed by atoms with Crippen LogP contribution in [0.1, 0.15) is 37.4 Å². The maximum Gasteiger partial charge on any atom is 0.310 e. The Morgan fingerprint density at radius 2 is 2.04 bits per heavy atom. The van der Waals surface area contributed by atoms with E-state index in [9.17, 15) is 14.7 Å². The number of benzene rings is 1. The second-order valence-electron chi connectivity index (χ2n) is 6.49. The van der Waals surface area contributed by atoms with Gasteiger partial charge in [-0.1, -0.05) is 35.7 Å². The first-order chi connectivity index (χ1) is 11.4. The van der Waals surface area contributed by atoms with Crippen LogP contribution in [0.4, 0.5) is 0 Å². The van der Waals surface area contributed by atoms with E-state index in [1.165, 1.54) is 0 Å². The van der Waals surface area contributed by atoms with Crippen molar-refractivity contribution < 1.29 is 19.4 Å². The number of hydrogen-bond acceptors (Lipinski definition) is 3. The van der Waals surface area contributed by atoms with E-state index in [-0.39, 0.29) is 18.4 Å². The zero-order chi connectivity index (χ0) is 17.3. The molecule has 0 bridgehead atoms. The number of morpholine rings is 1. The summed E-state index contributed by atoms with van der Waals surface area (Å²) in [4.78, 5) is 25.7. The summed E-state index contributed by atoms with van der Waals surface area (Å²) in [5.74, 6) is -0.984. The number of carbonyl (C=O) groups excluding carboxylic acids is 1. The molecule has 0 aromatic heterocycles. The number of carboxylic acids is 1. The molecule has 1 aliphatic carbocycles. The Morgan fingerprint density at radius 3 is 2.62 bits per heavy atom. The van der Waals surface area contributed by atoms with Crippen LogP contribution in [0.2, 0.25) is 10.0 Å². The van der Waals surface area contributed by atoms with Crippen LogP contribution in [0.3, 0.4) is 0 Å². The van der Waals surface area contributed by atoms with Gasteiger partial charge in [0.05, 0.1) is 28.6 Å². The van der Waals surface area contributed by atoms with Gasteiger partial charge in [0.25, 0.3) is 0 Å². The number of amides is 1. The second-order valence-corrected chi connectivity index (χ2v) is 7.30. The molecule has 2 aliphatic rings. The van der Waals surface area contributed by atoms with Gasteiger partial charge in [-0.15, -0.1) is 0 Å². The molecule has 1 N–H and O–H groups in total. The maximum absolute atomic E-state index is 12.6. The summed E-state index contributed by atoms with van der Waals surface area (Å²) in [6.45, 7) is 1.29. The summed E-state index contributed by atoms with van der Waals surface area (Å²) in [7, 11) is 0. The number of hydrogen-bond donors (Lipinski definition) is 1. The molecular formula is C17H19Cl2NO4. The maximum atomic E-state index is 12.6. The van der Waals surface area contributed by atoms with Crippen molar-refractivity contribution in [2.45, 2.75) is 31.8 Å². The molecule has 3 rings (SSSR count). The molecule has 1 aromatic carbocycles. The van der Waals surface area contributed by atoms with Crippen molar-refractivity contribution in [1.29, 1.82) is 0 Å². The average Bonchev–Trinajstić information content (AvgIpc) is 2.53. The molecule has 5 nitrogen and oxygen atoms in total. The molecule has 1 aliphatic heterocycles. The van der Waals surface area contributed by atoms with Crippen molar-refractivity contribution in [3.05, 3.63) is 33.8 Å². The van der Waals surface area contributed by atoms with Gasteiger partial charge in [-0.25, -0.2) is 0 Å². The number of ether oxygens (including phenoxy) is 1. The Labute approximate surface area is 150 Å². The molecule has 1 saturated carbocycles. The zero-order valence-electron chi connectivity index (χ0n) is 13.1. The van der Waals surface area contributed by atoms with Crippen molar-refractivity contribution in [2.75, 3.05) is 19.7 Å². The highest BCUT2D eigenvalue weighted by Crippen LogP contribution is 2.44. The molecule has 1 unspecified atom stereocenters. The molecule has 1 atom stereocenters. The normalized spacial score (nSPS) is 22.8. The van der Waals surface area contributed by atoms with Gasteiger partial charge in [0.1, 0.15) is 6.10 Å². The molecule has 24 heavy (non-hydrogen) atoms. The number of carbonyl (C=O) groups is 2. The fourth-order valence-corrected chi connectivity index (χ4v) is 3.57. The number of halogens is 2. The zero-order valence-corrected chi connectivity index (χ0v) is 14.6. The van der Waals surface area contributed by atoms with Crippen LogP contribution in [0.5, 0.6) is 0 Å². The lowest BCUT2D eigenvalue weighted by Crippen LogP contribution is -2.47. The van der Waals surface area contributed by atoms with E-state index >= 15 is 0 Å². The molecule has 130 valence electrons. The minimum atomic E-state index is -0.867. The summed E-state index contributed by atoms with van der Waals surface area (Å²) < 4.78 is 5.75. The predicted octanol–water partition coefficient (Wildman–Crippen LogP) is 3.54. The van der Waals surface area contributed by atoms with E-state index in [0.717, 1.165) is 12.0 Å². The number of rotatable bonds is 4. The topological polar surface area (TPSA) is 66.8 Å². The Kier molecular flexibility index (Phi) is 5.04. The van der Waals surface area contributed by atoms with Crippen LogP contribution in [0.15, 0.2) is 18.2 Å². The molecule has 1 saturated heterocycles. The van der Waals surface area contributed by atoms with Crippen LogP contribution in [0, 0.1) is 5.41 Å². The van der Waals surface area contributed by atoms with Gasteiger partial charge >= 0.3 is 5.97 Å². The first-order valence-corrected chi connectivity index (χ1v) is 8.75. The minimum Gasteiger partial charge on any atom is -0.481 e. The first kappa shape index (κ1) is 17.5. The smallest absolute Gasteiger partial charge is 0.310 e. The van der Waals surface area contributed by atoms with E-state index in [2.05, 4.69) is 0 Å². The van der Waals surface area contributed by atoms with Gasteiger partial charge < -0.3 is 14.7 Å². The summed E-state index contributed by atoms with van der Waals surface area (Å²) in [5.41, 5.74) is -0.00689. The summed E-state index contributed by atoms with van der Waals surface area (Å²) in [6.07, 6.45) is 1.81. The molecule has 0 radical (unpaired) electrons. The van der Waals surface area contributed by atoms with Crippen molar-refractivity contribution in [3.63, 3.8) is 0 Å². The van der Waals surface area contributed by atoms with E-state index < -0.39 is 11.4 Å². The lowest BCUT2D eigenvalue weighted by molar-refractivity contribution is -0.161. The van der Waals surface area contributed by atoms with Crippen molar-refractivity contribution in [3.8, 4) is 0 Å². The lowest BCUT2D eigenvalue weighted by Gasteiger charge is -2.40. The van der Waals surface area contributed by atoms with Crippen LogP contribution in [-0.4, -0.2) is 41.6 Å². The van der Waals surface area contributed by atoms with Crippen molar-refractivity contribution >= 4 is 35.1 Å². The summed E-state index contributed by atoms with van der Waals surface area (Å²) >= 11 is 12.0. The van der Waals surface area contributed by atoms with Gasteiger partial charge in [-0.05, 0) is 30.5 Å². The van der Waals surface area contributed by atoms with E-state index in [4.69, 9.17) is 27.9 Å². The highest BCUT2D eigenvalue weighted by molar-refractivity contribution is 6.42. The van der Waals surface area contributed by atoms with Gasteiger partial charge in [0.15, 0.2) is 0 Å². The summed E-state index contributed by atoms with van der Waals surface area (Å²) in [5, 5.41) is 10.3. The predicted molar refractivity (Wildman–Crippen MR) is 90.3 cm³/mol. The Morgan fingerprint density at radius 1 is 1.29 bits per heavy atom. The third-order valence-corrected chi connectivity index (χ3v) is 5.73. The van der Waals surface area contributed by atoms with E-state index in [1.807, 2.05) is 6.07 Å². The molecular weight excluding hydrogens is 353 g/mol. The highest BCUT2D eigenvalue weighted by Gasteiger charge is 2.46. The van der Waals surface area contributed by atoms with Gasteiger partial charge in [0, 0.05) is 13.0 Å². The fraction of sp³-hybridized carbons (Fsp3) is 0.529. The first-order valence-electron chi connectivity index (χ1n) is 7.99. The van der Waals surface area contributed by atoms with E-state index in [1.54, 1.807) is 17.0 Å². The number of carboxylic acid groups (broad SMARTS) is 1. The Hall–Kier alpha value is -1.30. The van der Waals surface area contributed by atoms with Crippen LogP contribution in [0.25, 0.3) is 0 Å². The van der Waals surface area contributed by atoms with Crippen LogP contribution >= 0.6 is 23.2 Å². The highest BCUT2D eigenvalue weighted by atomic mass is 35.5. The average molecular weight is 372 g/mol. The van der Waals surface area contributed by atoms with Crippen LogP contribution in [-0.2, 0) is 14.3 Å². The Balaban J connectivity index is 1.67. The molecule has 1 aromatic rings. The molecule has 7 heteroatoms. The van der Waals surface area contributed by atoms with Gasteiger partial charge in [0.2, 0.25) is 5.91 Å². The van der Waals surface area contributed by atoms with Crippen LogP contribution < -0.4 is 0 Å². The van der Waals surface area contributed by atoms with Gasteiger partial charge in [-0.2, -0.15) is 0 Å². The molecule has 1 amide bonds. The molecule has 1 heterocycles. The molecule has 0 spiro atoms. The monoisotopic (exact) mass is 371 g/mol. The standard InChI is InChI=1S/C17H19Cl2NO4/c18-12-3-2-11(8-13(12)19)14-10-20(6-7-24-14)15(21)9-17(16(22)23)4-1-5-17/h2-3,8,14H,1,4-7,9-10H2,(H,22,23). The van der Waals surface area contributed by atoms with E-state index in [0.29, 0.717) is 42.6 Å². The second kappa shape index (κ2) is 6.90. The largest absolute Gasteiger partial charge is 0.481 e. The number of nitrogens with zero attached hydrogens (tertiary/aromatic N) is 1. The Bertz CT molecular complexity index is 660. The fourth-order valence-electron chi connectivity index (χ4n) is 3.26. The minimum absolute atomic E-state index is 0.0659. The third-order valence-electron chi connectivity index (χ3n) is 4.99. The summed E-state index contributed by atoms with van der Waals surface area (Å²) in [6, 6.07) is 5.28. The third kappa shape index (κ3) is 3.39. The van der Waals surface area contributed by atoms with Crippen molar-refractivity contribution in [2.24, 2.45) is 5.41 Å². The van der Waals surface area contributed by atoms with Gasteiger partial charge in [-0.3, -0.25) is 9.59 Å². The number of aliphatic carboxylic acids is 1. The molecule has 2 fully saturated rings. The van der Waals surface area contributed by atoms with Crippen molar-refractivity contribution in [1.82, 2.24) is 4.90 Å². The lowest BCUT2D eigenvalue weighted by atomic mass is 9.66. The SMILES string of the molecule is O=C(CC1(C(=O)O)CCC1)N1CCOC(c2ccc(Cl)c(Cl)c2)C1. The quantitative estimate of drug-likeness (QED) is 0.878.